The first-order valence-electron chi connectivity index (χ1n) is 6.63. The lowest BCUT2D eigenvalue weighted by Crippen LogP contribution is -2.25. The molecule has 2 aliphatic rings. The number of nitrogen functional groups attached to an aromatic ring is 1. The number of carbonyl (C=O) groups is 1. The van der Waals surface area contributed by atoms with Crippen LogP contribution in [0.15, 0.2) is 12.1 Å². The Labute approximate surface area is 117 Å². The molecular formula is C13H17N3O3S. The molecule has 0 radical (unpaired) electrons. The topological polar surface area (TPSA) is 101 Å². The Morgan fingerprint density at radius 3 is 2.90 bits per heavy atom. The maximum Gasteiger partial charge on any atom is 0.228 e. The first-order chi connectivity index (χ1) is 9.45. The average molecular weight is 295 g/mol. The van der Waals surface area contributed by atoms with Gasteiger partial charge in [0.25, 0.3) is 0 Å². The van der Waals surface area contributed by atoms with E-state index in [1.54, 1.807) is 12.1 Å². The van der Waals surface area contributed by atoms with Crippen molar-refractivity contribution >= 4 is 32.8 Å². The van der Waals surface area contributed by atoms with E-state index in [1.807, 2.05) is 0 Å². The van der Waals surface area contributed by atoms with Crippen molar-refractivity contribution in [3.63, 3.8) is 0 Å². The summed E-state index contributed by atoms with van der Waals surface area (Å²) in [6.07, 6.45) is 1.76. The van der Waals surface area contributed by atoms with Crippen molar-refractivity contribution in [1.29, 1.82) is 0 Å². The Kier molecular flexibility index (Phi) is 3.08. The SMILES string of the molecule is Nc1cc2c(cc1NCC1CCCS1(=O)=O)NC(=O)C2. The molecule has 1 fully saturated rings. The molecule has 20 heavy (non-hydrogen) atoms. The molecule has 0 saturated carbocycles. The minimum absolute atomic E-state index is 0.0464. The highest BCUT2D eigenvalue weighted by Crippen LogP contribution is 2.32. The first kappa shape index (κ1) is 13.2. The number of benzene rings is 1. The van der Waals surface area contributed by atoms with Gasteiger partial charge in [0.2, 0.25) is 5.91 Å². The Bertz CT molecular complexity index is 670. The lowest BCUT2D eigenvalue weighted by Gasteiger charge is -2.14. The third-order valence-electron chi connectivity index (χ3n) is 3.88. The molecule has 108 valence electrons. The highest BCUT2D eigenvalue weighted by molar-refractivity contribution is 7.92. The maximum atomic E-state index is 11.8. The number of nitrogens with two attached hydrogens (primary N) is 1. The number of nitrogens with one attached hydrogen (secondary N) is 2. The number of carbonyl (C=O) groups excluding carboxylic acids is 1. The second-order valence-corrected chi connectivity index (χ2v) is 7.73. The van der Waals surface area contributed by atoms with Crippen molar-refractivity contribution in [2.45, 2.75) is 24.5 Å². The van der Waals surface area contributed by atoms with E-state index >= 15 is 0 Å². The van der Waals surface area contributed by atoms with Gasteiger partial charge in [0, 0.05) is 12.2 Å². The summed E-state index contributed by atoms with van der Waals surface area (Å²) in [5.41, 5.74) is 8.78. The number of amides is 1. The second kappa shape index (κ2) is 4.66. The molecule has 0 bridgehead atoms. The number of rotatable bonds is 3. The largest absolute Gasteiger partial charge is 0.397 e. The number of hydrogen-bond acceptors (Lipinski definition) is 5. The Balaban J connectivity index is 1.76. The van der Waals surface area contributed by atoms with Gasteiger partial charge in [-0.05, 0) is 30.5 Å². The van der Waals surface area contributed by atoms with Gasteiger partial charge in [0.15, 0.2) is 9.84 Å². The van der Waals surface area contributed by atoms with Gasteiger partial charge in [0.05, 0.1) is 28.8 Å². The number of hydrogen-bond donors (Lipinski definition) is 3. The predicted molar refractivity (Wildman–Crippen MR) is 78.5 cm³/mol. The summed E-state index contributed by atoms with van der Waals surface area (Å²) in [6.45, 7) is 0.360. The second-order valence-electron chi connectivity index (χ2n) is 5.33. The van der Waals surface area contributed by atoms with E-state index in [-0.39, 0.29) is 16.9 Å². The van der Waals surface area contributed by atoms with Crippen molar-refractivity contribution in [3.05, 3.63) is 17.7 Å². The zero-order valence-electron chi connectivity index (χ0n) is 11.0. The molecule has 0 aromatic heterocycles. The summed E-state index contributed by atoms with van der Waals surface area (Å²) >= 11 is 0. The van der Waals surface area contributed by atoms with E-state index in [4.69, 9.17) is 5.73 Å². The normalized spacial score (nSPS) is 23.4. The third kappa shape index (κ3) is 2.33. The van der Waals surface area contributed by atoms with E-state index in [1.165, 1.54) is 0 Å². The van der Waals surface area contributed by atoms with Crippen molar-refractivity contribution in [2.75, 3.05) is 28.7 Å². The fourth-order valence-corrected chi connectivity index (χ4v) is 4.52. The third-order valence-corrected chi connectivity index (χ3v) is 6.16. The van der Waals surface area contributed by atoms with Crippen LogP contribution in [-0.2, 0) is 21.1 Å². The van der Waals surface area contributed by atoms with E-state index in [9.17, 15) is 13.2 Å². The van der Waals surface area contributed by atoms with Crippen LogP contribution in [0.2, 0.25) is 0 Å². The average Bonchev–Trinajstić information content (AvgIpc) is 2.87. The summed E-state index contributed by atoms with van der Waals surface area (Å²) in [6, 6.07) is 3.54. The molecule has 1 unspecified atom stereocenters. The van der Waals surface area contributed by atoms with Crippen molar-refractivity contribution < 1.29 is 13.2 Å². The standard InChI is InChI=1S/C13H17N3O3S/c14-10-4-8-5-13(17)16-11(8)6-12(10)15-7-9-2-1-3-20(9,18)19/h4,6,9,15H,1-3,5,7,14H2,(H,16,17). The highest BCUT2D eigenvalue weighted by Gasteiger charge is 2.31. The van der Waals surface area contributed by atoms with Crippen LogP contribution in [-0.4, -0.2) is 31.9 Å². The van der Waals surface area contributed by atoms with E-state index < -0.39 is 9.84 Å². The van der Waals surface area contributed by atoms with Crippen LogP contribution in [0.5, 0.6) is 0 Å². The monoisotopic (exact) mass is 295 g/mol. The number of anilines is 3. The van der Waals surface area contributed by atoms with Gasteiger partial charge >= 0.3 is 0 Å². The zero-order chi connectivity index (χ0) is 14.3. The fourth-order valence-electron chi connectivity index (χ4n) is 2.76. The number of fused-ring (bicyclic) bond motifs is 1. The fraction of sp³-hybridized carbons (Fsp3) is 0.462. The minimum atomic E-state index is -2.96. The minimum Gasteiger partial charge on any atom is -0.397 e. The van der Waals surface area contributed by atoms with Crippen LogP contribution in [0.4, 0.5) is 17.1 Å². The predicted octanol–water partition coefficient (Wildman–Crippen LogP) is 0.752. The van der Waals surface area contributed by atoms with Crippen molar-refractivity contribution in [1.82, 2.24) is 0 Å². The molecule has 6 nitrogen and oxygen atoms in total. The molecular weight excluding hydrogens is 278 g/mol. The van der Waals surface area contributed by atoms with E-state index in [0.717, 1.165) is 17.7 Å². The molecule has 1 saturated heterocycles. The Morgan fingerprint density at radius 2 is 2.20 bits per heavy atom. The summed E-state index contributed by atoms with van der Waals surface area (Å²) in [4.78, 5) is 11.3. The molecule has 1 amide bonds. The van der Waals surface area contributed by atoms with E-state index in [2.05, 4.69) is 10.6 Å². The van der Waals surface area contributed by atoms with E-state index in [0.29, 0.717) is 30.8 Å². The lowest BCUT2D eigenvalue weighted by molar-refractivity contribution is -0.115. The molecule has 7 heteroatoms. The Morgan fingerprint density at radius 1 is 1.40 bits per heavy atom. The molecule has 1 aromatic carbocycles. The van der Waals surface area contributed by atoms with Gasteiger partial charge in [-0.2, -0.15) is 0 Å². The highest BCUT2D eigenvalue weighted by atomic mass is 32.2. The van der Waals surface area contributed by atoms with Gasteiger partial charge in [0.1, 0.15) is 0 Å². The van der Waals surface area contributed by atoms with Crippen LogP contribution >= 0.6 is 0 Å². The molecule has 3 rings (SSSR count). The Hall–Kier alpha value is -1.76. The van der Waals surface area contributed by atoms with Crippen LogP contribution in [0, 0.1) is 0 Å². The molecule has 1 aromatic rings. The van der Waals surface area contributed by atoms with Gasteiger partial charge in [-0.15, -0.1) is 0 Å². The molecule has 2 aliphatic heterocycles. The van der Waals surface area contributed by atoms with Crippen LogP contribution in [0.25, 0.3) is 0 Å². The lowest BCUT2D eigenvalue weighted by atomic mass is 10.1. The van der Waals surface area contributed by atoms with Crippen molar-refractivity contribution in [2.24, 2.45) is 0 Å². The van der Waals surface area contributed by atoms with Gasteiger partial charge in [-0.3, -0.25) is 4.79 Å². The maximum absolute atomic E-state index is 11.8. The first-order valence-corrected chi connectivity index (χ1v) is 8.35. The summed E-state index contributed by atoms with van der Waals surface area (Å²) in [5.74, 6) is 0.227. The van der Waals surface area contributed by atoms with Crippen molar-refractivity contribution in [3.8, 4) is 0 Å². The molecule has 2 heterocycles. The quantitative estimate of drug-likeness (QED) is 0.714. The van der Waals surface area contributed by atoms with Gasteiger partial charge < -0.3 is 16.4 Å². The summed E-state index contributed by atoms with van der Waals surface area (Å²) in [7, 11) is -2.96. The summed E-state index contributed by atoms with van der Waals surface area (Å²) in [5, 5.41) is 5.51. The van der Waals surface area contributed by atoms with Gasteiger partial charge in [-0.25, -0.2) is 8.42 Å². The summed E-state index contributed by atoms with van der Waals surface area (Å²) < 4.78 is 23.5. The molecule has 1 atom stereocenters. The van der Waals surface area contributed by atoms with Crippen LogP contribution in [0.3, 0.4) is 0 Å². The smallest absolute Gasteiger partial charge is 0.228 e. The zero-order valence-corrected chi connectivity index (χ0v) is 11.8. The van der Waals surface area contributed by atoms with Crippen LogP contribution < -0.4 is 16.4 Å². The van der Waals surface area contributed by atoms with Gasteiger partial charge in [-0.1, -0.05) is 0 Å². The molecule has 4 N–H and O–H groups in total. The molecule has 0 aliphatic carbocycles. The van der Waals surface area contributed by atoms with Crippen LogP contribution in [0.1, 0.15) is 18.4 Å². The molecule has 0 spiro atoms. The number of sulfone groups is 1.